The molecule has 19 heavy (non-hydrogen) atoms. The van der Waals surface area contributed by atoms with Crippen LogP contribution in [-0.4, -0.2) is 20.3 Å². The van der Waals surface area contributed by atoms with Crippen LogP contribution in [0.2, 0.25) is 5.15 Å². The van der Waals surface area contributed by atoms with Crippen LogP contribution in [0.1, 0.15) is 21.7 Å². The van der Waals surface area contributed by atoms with Gasteiger partial charge in [0.25, 0.3) is 0 Å². The zero-order valence-corrected chi connectivity index (χ0v) is 10.3. The molecule has 4 nitrogen and oxygen atoms in total. The monoisotopic (exact) mass is 289 g/mol. The van der Waals surface area contributed by atoms with Gasteiger partial charge in [-0.3, -0.25) is 4.79 Å². The molecule has 0 saturated heterocycles. The van der Waals surface area contributed by atoms with Crippen molar-refractivity contribution in [2.45, 2.75) is 6.18 Å². The lowest BCUT2D eigenvalue weighted by atomic mass is 10.1. The lowest BCUT2D eigenvalue weighted by Crippen LogP contribution is -2.12. The van der Waals surface area contributed by atoms with Gasteiger partial charge in [-0.2, -0.15) is 13.2 Å². The number of halogens is 4. The highest BCUT2D eigenvalue weighted by molar-refractivity contribution is 6.33. The zero-order chi connectivity index (χ0) is 14.2. The highest BCUT2D eigenvalue weighted by Gasteiger charge is 2.33. The Kier molecular flexibility index (Phi) is 3.32. The van der Waals surface area contributed by atoms with Gasteiger partial charge in [-0.15, -0.1) is 0 Å². The van der Waals surface area contributed by atoms with Gasteiger partial charge in [0, 0.05) is 7.05 Å². The molecular weight excluding hydrogens is 283 g/mol. The SMILES string of the molecule is Cn1cncc1C(=O)c1ccc(C(F)(F)F)nc1Cl. The maximum absolute atomic E-state index is 12.4. The summed E-state index contributed by atoms with van der Waals surface area (Å²) in [6.07, 6.45) is -1.90. The van der Waals surface area contributed by atoms with Crippen molar-refractivity contribution in [1.82, 2.24) is 14.5 Å². The largest absolute Gasteiger partial charge is 0.433 e. The topological polar surface area (TPSA) is 47.8 Å². The van der Waals surface area contributed by atoms with E-state index in [1.807, 2.05) is 0 Å². The maximum atomic E-state index is 12.4. The number of hydrogen-bond donors (Lipinski definition) is 0. The summed E-state index contributed by atoms with van der Waals surface area (Å²) in [6.45, 7) is 0. The van der Waals surface area contributed by atoms with Gasteiger partial charge >= 0.3 is 6.18 Å². The van der Waals surface area contributed by atoms with E-state index >= 15 is 0 Å². The fourth-order valence-corrected chi connectivity index (χ4v) is 1.72. The van der Waals surface area contributed by atoms with Crippen molar-refractivity contribution < 1.29 is 18.0 Å². The van der Waals surface area contributed by atoms with Crippen LogP contribution in [0.5, 0.6) is 0 Å². The molecule has 2 heterocycles. The highest BCUT2D eigenvalue weighted by atomic mass is 35.5. The minimum atomic E-state index is -4.60. The average molecular weight is 290 g/mol. The number of carbonyl (C=O) groups is 1. The van der Waals surface area contributed by atoms with Crippen LogP contribution in [0.4, 0.5) is 13.2 Å². The maximum Gasteiger partial charge on any atom is 0.433 e. The molecule has 0 spiro atoms. The number of aromatic nitrogens is 3. The molecule has 100 valence electrons. The van der Waals surface area contributed by atoms with Crippen LogP contribution < -0.4 is 0 Å². The average Bonchev–Trinajstić information content (AvgIpc) is 2.73. The predicted molar refractivity (Wildman–Crippen MR) is 60.9 cm³/mol. The van der Waals surface area contributed by atoms with Gasteiger partial charge in [0.1, 0.15) is 16.5 Å². The fourth-order valence-electron chi connectivity index (χ4n) is 1.48. The summed E-state index contributed by atoms with van der Waals surface area (Å²) in [5.41, 5.74) is -1.03. The summed E-state index contributed by atoms with van der Waals surface area (Å²) in [4.78, 5) is 19.0. The van der Waals surface area contributed by atoms with Crippen molar-refractivity contribution in [3.63, 3.8) is 0 Å². The Hall–Kier alpha value is -1.89. The number of aryl methyl sites for hydroxylation is 1. The third-order valence-electron chi connectivity index (χ3n) is 2.43. The molecule has 2 aromatic rings. The number of ketones is 1. The first-order chi connectivity index (χ1) is 8.80. The number of nitrogens with zero attached hydrogens (tertiary/aromatic N) is 3. The Morgan fingerprint density at radius 2 is 2.05 bits per heavy atom. The van der Waals surface area contributed by atoms with Crippen molar-refractivity contribution >= 4 is 17.4 Å². The molecule has 0 unspecified atom stereocenters. The van der Waals surface area contributed by atoms with Crippen LogP contribution in [0.15, 0.2) is 24.7 Å². The summed E-state index contributed by atoms with van der Waals surface area (Å²) in [7, 11) is 1.59. The Balaban J connectivity index is 2.43. The summed E-state index contributed by atoms with van der Waals surface area (Å²) in [5, 5.41) is -0.485. The molecule has 0 aliphatic carbocycles. The van der Waals surface area contributed by atoms with E-state index in [9.17, 15) is 18.0 Å². The van der Waals surface area contributed by atoms with Crippen LogP contribution in [0.3, 0.4) is 0 Å². The van der Waals surface area contributed by atoms with Crippen molar-refractivity contribution in [1.29, 1.82) is 0 Å². The molecule has 0 atom stereocenters. The molecule has 8 heteroatoms. The lowest BCUT2D eigenvalue weighted by Gasteiger charge is -2.08. The number of alkyl halides is 3. The molecule has 0 amide bonds. The zero-order valence-electron chi connectivity index (χ0n) is 9.57. The van der Waals surface area contributed by atoms with E-state index in [1.165, 1.54) is 17.1 Å². The minimum Gasteiger partial charge on any atom is -0.331 e. The molecule has 2 aromatic heterocycles. The molecule has 0 aliphatic heterocycles. The Morgan fingerprint density at radius 3 is 2.53 bits per heavy atom. The third-order valence-corrected chi connectivity index (χ3v) is 2.72. The van der Waals surface area contributed by atoms with Crippen LogP contribution in [-0.2, 0) is 13.2 Å². The van der Waals surface area contributed by atoms with Gasteiger partial charge in [0.2, 0.25) is 5.78 Å². The number of carbonyl (C=O) groups excluding carboxylic acids is 1. The number of pyridine rings is 1. The quantitative estimate of drug-likeness (QED) is 0.631. The van der Waals surface area contributed by atoms with E-state index < -0.39 is 22.8 Å². The fraction of sp³-hybridized carbons (Fsp3) is 0.182. The Labute approximate surface area is 110 Å². The molecule has 0 aliphatic rings. The van der Waals surface area contributed by atoms with E-state index in [1.54, 1.807) is 7.05 Å². The molecule has 0 aromatic carbocycles. The molecule has 0 N–H and O–H groups in total. The molecule has 0 fully saturated rings. The summed E-state index contributed by atoms with van der Waals surface area (Å²) >= 11 is 5.64. The molecule has 2 rings (SSSR count). The van der Waals surface area contributed by atoms with Crippen LogP contribution in [0, 0.1) is 0 Å². The first kappa shape index (κ1) is 13.5. The first-order valence-electron chi connectivity index (χ1n) is 5.05. The van der Waals surface area contributed by atoms with E-state index in [0.29, 0.717) is 0 Å². The normalized spacial score (nSPS) is 11.6. The van der Waals surface area contributed by atoms with Crippen molar-refractivity contribution in [2.24, 2.45) is 7.05 Å². The minimum absolute atomic E-state index is 0.0988. The highest BCUT2D eigenvalue weighted by Crippen LogP contribution is 2.29. The van der Waals surface area contributed by atoms with Gasteiger partial charge in [-0.1, -0.05) is 11.6 Å². The van der Waals surface area contributed by atoms with Crippen molar-refractivity contribution in [2.75, 3.05) is 0 Å². The van der Waals surface area contributed by atoms with Crippen LogP contribution in [0.25, 0.3) is 0 Å². The van der Waals surface area contributed by atoms with Gasteiger partial charge in [0.15, 0.2) is 0 Å². The van der Waals surface area contributed by atoms with E-state index in [2.05, 4.69) is 9.97 Å². The molecular formula is C11H7ClF3N3O. The summed E-state index contributed by atoms with van der Waals surface area (Å²) in [5.74, 6) is -0.536. The Morgan fingerprint density at radius 1 is 1.37 bits per heavy atom. The van der Waals surface area contributed by atoms with Crippen molar-refractivity contribution in [3.05, 3.63) is 46.8 Å². The second-order valence-corrected chi connectivity index (χ2v) is 4.11. The Bertz CT molecular complexity index is 636. The van der Waals surface area contributed by atoms with Crippen molar-refractivity contribution in [3.8, 4) is 0 Å². The number of rotatable bonds is 2. The number of imidazole rings is 1. The smallest absolute Gasteiger partial charge is 0.331 e. The number of hydrogen-bond acceptors (Lipinski definition) is 3. The standard InChI is InChI=1S/C11H7ClF3N3O/c1-18-5-16-4-7(18)9(19)6-2-3-8(11(13,14)15)17-10(6)12/h2-5H,1H3. The lowest BCUT2D eigenvalue weighted by molar-refractivity contribution is -0.141. The molecule has 0 radical (unpaired) electrons. The van der Waals surface area contributed by atoms with E-state index in [-0.39, 0.29) is 11.3 Å². The van der Waals surface area contributed by atoms with Gasteiger partial charge < -0.3 is 4.57 Å². The molecule has 0 saturated carbocycles. The van der Waals surface area contributed by atoms with Gasteiger partial charge in [0.05, 0.1) is 18.1 Å². The second kappa shape index (κ2) is 4.65. The second-order valence-electron chi connectivity index (χ2n) is 3.75. The van der Waals surface area contributed by atoms with E-state index in [0.717, 1.165) is 12.1 Å². The first-order valence-corrected chi connectivity index (χ1v) is 5.43. The van der Waals surface area contributed by atoms with Gasteiger partial charge in [-0.25, -0.2) is 9.97 Å². The molecule has 0 bridgehead atoms. The predicted octanol–water partition coefficient (Wildman–Crippen LogP) is 2.72. The third kappa shape index (κ3) is 2.60. The van der Waals surface area contributed by atoms with Gasteiger partial charge in [-0.05, 0) is 12.1 Å². The van der Waals surface area contributed by atoms with E-state index in [4.69, 9.17) is 11.6 Å². The summed E-state index contributed by atoms with van der Waals surface area (Å²) < 4.78 is 38.7. The van der Waals surface area contributed by atoms with Crippen LogP contribution >= 0.6 is 11.6 Å². The summed E-state index contributed by atoms with van der Waals surface area (Å²) in [6, 6.07) is 1.73.